The Morgan fingerprint density at radius 3 is 2.61 bits per heavy atom. The molecule has 0 saturated heterocycles. The first-order chi connectivity index (χ1) is 8.40. The van der Waals surface area contributed by atoms with Crippen LogP contribution in [0.3, 0.4) is 0 Å². The van der Waals surface area contributed by atoms with Crippen molar-refractivity contribution in [1.82, 2.24) is 10.3 Å². The minimum absolute atomic E-state index is 0.00800. The van der Waals surface area contributed by atoms with E-state index in [4.69, 9.17) is 11.6 Å². The molecule has 0 aromatic carbocycles. The fourth-order valence-corrected chi connectivity index (χ4v) is 1.93. The molecule has 1 aromatic rings. The smallest absolute Gasteiger partial charge is 0.129 e. The SMILES string of the molecule is C=CCN(c1ccc(Cl)c(CNC)n1)C(C)(C)C. The highest BCUT2D eigenvalue weighted by molar-refractivity contribution is 6.31. The first-order valence-corrected chi connectivity index (χ1v) is 6.46. The van der Waals surface area contributed by atoms with E-state index in [0.29, 0.717) is 11.6 Å². The van der Waals surface area contributed by atoms with Gasteiger partial charge in [-0.1, -0.05) is 17.7 Å². The Labute approximate surface area is 115 Å². The van der Waals surface area contributed by atoms with Gasteiger partial charge >= 0.3 is 0 Å². The molecule has 18 heavy (non-hydrogen) atoms. The molecule has 4 heteroatoms. The summed E-state index contributed by atoms with van der Waals surface area (Å²) in [5.74, 6) is 0.928. The average Bonchev–Trinajstić information content (AvgIpc) is 2.28. The van der Waals surface area contributed by atoms with Crippen LogP contribution in [-0.2, 0) is 6.54 Å². The summed E-state index contributed by atoms with van der Waals surface area (Å²) in [6.45, 7) is 11.7. The number of nitrogens with zero attached hydrogens (tertiary/aromatic N) is 2. The molecule has 0 atom stereocenters. The maximum absolute atomic E-state index is 6.13. The van der Waals surface area contributed by atoms with Crippen molar-refractivity contribution in [1.29, 1.82) is 0 Å². The van der Waals surface area contributed by atoms with E-state index in [9.17, 15) is 0 Å². The van der Waals surface area contributed by atoms with Crippen molar-refractivity contribution in [2.45, 2.75) is 32.9 Å². The predicted molar refractivity (Wildman–Crippen MR) is 79.3 cm³/mol. The summed E-state index contributed by atoms with van der Waals surface area (Å²) in [4.78, 5) is 6.83. The monoisotopic (exact) mass is 267 g/mol. The van der Waals surface area contributed by atoms with Crippen LogP contribution in [0.1, 0.15) is 26.5 Å². The summed E-state index contributed by atoms with van der Waals surface area (Å²) in [7, 11) is 1.88. The number of halogens is 1. The molecule has 100 valence electrons. The predicted octanol–water partition coefficient (Wildman–Crippen LogP) is 3.25. The third kappa shape index (κ3) is 3.72. The first kappa shape index (κ1) is 15.0. The Morgan fingerprint density at radius 2 is 2.11 bits per heavy atom. The lowest BCUT2D eigenvalue weighted by molar-refractivity contribution is 0.516. The minimum Gasteiger partial charge on any atom is -0.348 e. The highest BCUT2D eigenvalue weighted by Crippen LogP contribution is 2.24. The van der Waals surface area contributed by atoms with Gasteiger partial charge < -0.3 is 10.2 Å². The third-order valence-corrected chi connectivity index (χ3v) is 2.99. The Kier molecular flexibility index (Phi) is 5.17. The Hall–Kier alpha value is -1.06. The van der Waals surface area contributed by atoms with Crippen molar-refractivity contribution in [2.24, 2.45) is 0 Å². The molecule has 0 fully saturated rings. The summed E-state index contributed by atoms with van der Waals surface area (Å²) in [5, 5.41) is 3.77. The Morgan fingerprint density at radius 1 is 1.44 bits per heavy atom. The van der Waals surface area contributed by atoms with Gasteiger partial charge in [-0.3, -0.25) is 0 Å². The molecule has 0 saturated carbocycles. The number of hydrogen-bond donors (Lipinski definition) is 1. The van der Waals surface area contributed by atoms with E-state index in [1.54, 1.807) is 0 Å². The van der Waals surface area contributed by atoms with Crippen LogP contribution < -0.4 is 10.2 Å². The maximum atomic E-state index is 6.13. The molecule has 0 aliphatic rings. The van der Waals surface area contributed by atoms with Crippen LogP contribution in [0.25, 0.3) is 0 Å². The molecule has 0 amide bonds. The zero-order valence-electron chi connectivity index (χ0n) is 11.6. The highest BCUT2D eigenvalue weighted by atomic mass is 35.5. The molecule has 0 spiro atoms. The fraction of sp³-hybridized carbons (Fsp3) is 0.500. The van der Waals surface area contributed by atoms with Crippen molar-refractivity contribution in [3.8, 4) is 0 Å². The molecule has 0 radical (unpaired) electrons. The molecule has 1 N–H and O–H groups in total. The topological polar surface area (TPSA) is 28.2 Å². The molecule has 1 heterocycles. The van der Waals surface area contributed by atoms with Crippen molar-refractivity contribution in [3.05, 3.63) is 35.5 Å². The number of aromatic nitrogens is 1. The summed E-state index contributed by atoms with van der Waals surface area (Å²) in [6, 6.07) is 3.86. The van der Waals surface area contributed by atoms with Gasteiger partial charge in [-0.15, -0.1) is 6.58 Å². The van der Waals surface area contributed by atoms with Crippen molar-refractivity contribution < 1.29 is 0 Å². The van der Waals surface area contributed by atoms with Crippen LogP contribution in [0.5, 0.6) is 0 Å². The van der Waals surface area contributed by atoms with Crippen LogP contribution in [0.4, 0.5) is 5.82 Å². The van der Waals surface area contributed by atoms with Gasteiger partial charge in [-0.2, -0.15) is 0 Å². The Balaban J connectivity index is 3.12. The van der Waals surface area contributed by atoms with E-state index in [0.717, 1.165) is 18.1 Å². The lowest BCUT2D eigenvalue weighted by Gasteiger charge is -2.36. The summed E-state index contributed by atoms with van der Waals surface area (Å²) < 4.78 is 0. The van der Waals surface area contributed by atoms with Crippen LogP contribution in [0, 0.1) is 0 Å². The number of hydrogen-bond acceptors (Lipinski definition) is 3. The van der Waals surface area contributed by atoms with Gasteiger partial charge in [-0.25, -0.2) is 4.98 Å². The summed E-state index contributed by atoms with van der Waals surface area (Å²) >= 11 is 6.13. The van der Waals surface area contributed by atoms with Gasteiger partial charge in [-0.05, 0) is 40.0 Å². The van der Waals surface area contributed by atoms with E-state index in [2.05, 4.69) is 42.6 Å². The second kappa shape index (κ2) is 6.21. The molecular weight excluding hydrogens is 246 g/mol. The van der Waals surface area contributed by atoms with Crippen LogP contribution >= 0.6 is 11.6 Å². The quantitative estimate of drug-likeness (QED) is 0.830. The van der Waals surface area contributed by atoms with E-state index in [1.807, 2.05) is 25.3 Å². The number of pyridine rings is 1. The number of nitrogens with one attached hydrogen (secondary N) is 1. The molecular formula is C14H22ClN3. The van der Waals surface area contributed by atoms with E-state index >= 15 is 0 Å². The normalized spacial score (nSPS) is 11.4. The molecule has 1 rings (SSSR count). The van der Waals surface area contributed by atoms with E-state index in [1.165, 1.54) is 0 Å². The lowest BCUT2D eigenvalue weighted by atomic mass is 10.1. The fourth-order valence-electron chi connectivity index (χ4n) is 1.75. The van der Waals surface area contributed by atoms with Crippen LogP contribution in [0.15, 0.2) is 24.8 Å². The molecule has 0 aliphatic heterocycles. The third-order valence-electron chi connectivity index (χ3n) is 2.65. The first-order valence-electron chi connectivity index (χ1n) is 6.08. The largest absolute Gasteiger partial charge is 0.348 e. The number of anilines is 1. The van der Waals surface area contributed by atoms with E-state index < -0.39 is 0 Å². The average molecular weight is 268 g/mol. The van der Waals surface area contributed by atoms with Gasteiger partial charge in [0.15, 0.2) is 0 Å². The zero-order chi connectivity index (χ0) is 13.8. The molecule has 0 unspecified atom stereocenters. The Bertz CT molecular complexity index is 410. The molecule has 0 aliphatic carbocycles. The summed E-state index contributed by atoms with van der Waals surface area (Å²) in [5.41, 5.74) is 0.862. The molecule has 0 bridgehead atoms. The van der Waals surface area contributed by atoms with Gasteiger partial charge in [0.2, 0.25) is 0 Å². The van der Waals surface area contributed by atoms with Gasteiger partial charge in [0.1, 0.15) is 5.82 Å². The zero-order valence-corrected chi connectivity index (χ0v) is 12.4. The van der Waals surface area contributed by atoms with Gasteiger partial charge in [0.05, 0.1) is 10.7 Å². The second-order valence-electron chi connectivity index (χ2n) is 5.20. The van der Waals surface area contributed by atoms with Crippen molar-refractivity contribution in [2.75, 3.05) is 18.5 Å². The minimum atomic E-state index is -0.00800. The lowest BCUT2D eigenvalue weighted by Crippen LogP contribution is -2.42. The standard InChI is InChI=1S/C14H22ClN3/c1-6-9-18(14(2,3)4)13-8-7-11(15)12(17-13)10-16-5/h6-8,16H,1,9-10H2,2-5H3. The molecule has 3 nitrogen and oxygen atoms in total. The maximum Gasteiger partial charge on any atom is 0.129 e. The van der Waals surface area contributed by atoms with Crippen molar-refractivity contribution >= 4 is 17.4 Å². The number of rotatable bonds is 5. The highest BCUT2D eigenvalue weighted by Gasteiger charge is 2.22. The second-order valence-corrected chi connectivity index (χ2v) is 5.61. The molecule has 1 aromatic heterocycles. The van der Waals surface area contributed by atoms with Crippen molar-refractivity contribution in [3.63, 3.8) is 0 Å². The van der Waals surface area contributed by atoms with Gasteiger partial charge in [0, 0.05) is 18.6 Å². The summed E-state index contributed by atoms with van der Waals surface area (Å²) in [6.07, 6.45) is 1.89. The van der Waals surface area contributed by atoms with Crippen LogP contribution in [-0.4, -0.2) is 24.1 Å². The van der Waals surface area contributed by atoms with E-state index in [-0.39, 0.29) is 5.54 Å². The van der Waals surface area contributed by atoms with Gasteiger partial charge in [0.25, 0.3) is 0 Å². The van der Waals surface area contributed by atoms with Crippen LogP contribution in [0.2, 0.25) is 5.02 Å².